The van der Waals surface area contributed by atoms with Crippen LogP contribution in [0.15, 0.2) is 23.1 Å². The average molecular weight is 304 g/mol. The largest absolute Gasteiger partial charge is 0.398 e. The van der Waals surface area contributed by atoms with Gasteiger partial charge in [0, 0.05) is 12.1 Å². The van der Waals surface area contributed by atoms with Crippen molar-refractivity contribution in [3.05, 3.63) is 23.2 Å². The van der Waals surface area contributed by atoms with Gasteiger partial charge in [-0.25, -0.2) is 8.42 Å². The van der Waals surface area contributed by atoms with Crippen LogP contribution in [-0.4, -0.2) is 26.9 Å². The predicted octanol–water partition coefficient (Wildman–Crippen LogP) is 2.65. The van der Waals surface area contributed by atoms with Crippen LogP contribution in [0, 0.1) is 0 Å². The van der Waals surface area contributed by atoms with E-state index in [0.717, 1.165) is 12.8 Å². The van der Waals surface area contributed by atoms with Gasteiger partial charge >= 0.3 is 0 Å². The number of anilines is 1. The minimum Gasteiger partial charge on any atom is -0.398 e. The molecule has 6 heteroatoms. The lowest BCUT2D eigenvalue weighted by atomic mass is 9.97. The lowest BCUT2D eigenvalue weighted by Crippen LogP contribution is -2.32. The molecule has 0 aromatic heterocycles. The first-order chi connectivity index (χ1) is 8.95. The molecule has 1 aliphatic rings. The molecule has 106 valence electrons. The van der Waals surface area contributed by atoms with Crippen LogP contribution in [0.4, 0.5) is 5.69 Å². The summed E-state index contributed by atoms with van der Waals surface area (Å²) in [6, 6.07) is 4.56. The van der Waals surface area contributed by atoms with Crippen LogP contribution < -0.4 is 5.73 Å². The number of methoxy groups -OCH3 is 1. The lowest BCUT2D eigenvalue weighted by Gasteiger charge is -2.28. The van der Waals surface area contributed by atoms with E-state index in [4.69, 9.17) is 22.1 Å². The highest BCUT2D eigenvalue weighted by molar-refractivity contribution is 7.92. The van der Waals surface area contributed by atoms with Gasteiger partial charge in [-0.1, -0.05) is 11.6 Å². The Hall–Kier alpha value is -0.780. The molecule has 1 aromatic rings. The fraction of sp³-hybridized carbons (Fsp3) is 0.538. The Morgan fingerprint density at radius 2 is 2.11 bits per heavy atom. The van der Waals surface area contributed by atoms with Crippen molar-refractivity contribution in [3.8, 4) is 0 Å². The third-order valence-corrected chi connectivity index (χ3v) is 6.14. The highest BCUT2D eigenvalue weighted by atomic mass is 35.5. The number of hydrogen-bond acceptors (Lipinski definition) is 4. The molecule has 0 heterocycles. The van der Waals surface area contributed by atoms with E-state index in [1.54, 1.807) is 13.2 Å². The smallest absolute Gasteiger partial charge is 0.183 e. The van der Waals surface area contributed by atoms with E-state index in [1.807, 2.05) is 0 Å². The first-order valence-electron chi connectivity index (χ1n) is 6.27. The van der Waals surface area contributed by atoms with Gasteiger partial charge < -0.3 is 10.5 Å². The number of sulfone groups is 1. The average Bonchev–Trinajstić information content (AvgIpc) is 2.41. The molecule has 2 rings (SSSR count). The van der Waals surface area contributed by atoms with Crippen LogP contribution in [0.2, 0.25) is 5.02 Å². The Bertz CT molecular complexity index is 559. The standard InChI is InChI=1S/C13H18ClNO3S/c1-18-10-3-2-4-11(8-10)19(16,17)13-7-9(14)5-6-12(13)15/h5-7,10-11H,2-4,8,15H2,1H3. The Kier molecular flexibility index (Phi) is 4.38. The molecule has 0 aliphatic heterocycles. The Morgan fingerprint density at radius 1 is 1.37 bits per heavy atom. The minimum absolute atomic E-state index is 0.00827. The zero-order valence-electron chi connectivity index (χ0n) is 10.8. The van der Waals surface area contributed by atoms with Crippen molar-refractivity contribution in [1.82, 2.24) is 0 Å². The second kappa shape index (κ2) is 5.69. The molecule has 0 radical (unpaired) electrons. The SMILES string of the molecule is COC1CCCC(S(=O)(=O)c2cc(Cl)ccc2N)C1. The summed E-state index contributed by atoms with van der Waals surface area (Å²) in [5, 5.41) is -0.0566. The molecule has 4 nitrogen and oxygen atoms in total. The molecule has 19 heavy (non-hydrogen) atoms. The maximum Gasteiger partial charge on any atom is 0.183 e. The summed E-state index contributed by atoms with van der Waals surface area (Å²) in [4.78, 5) is 0.141. The van der Waals surface area contributed by atoms with E-state index in [2.05, 4.69) is 0 Å². The van der Waals surface area contributed by atoms with Gasteiger partial charge in [-0.2, -0.15) is 0 Å². The lowest BCUT2D eigenvalue weighted by molar-refractivity contribution is 0.0720. The van der Waals surface area contributed by atoms with Crippen molar-refractivity contribution in [2.24, 2.45) is 0 Å². The Labute approximate surface area is 118 Å². The van der Waals surface area contributed by atoms with Crippen LogP contribution in [0.1, 0.15) is 25.7 Å². The summed E-state index contributed by atoms with van der Waals surface area (Å²) in [6.07, 6.45) is 2.93. The molecule has 0 amide bonds. The first kappa shape index (κ1) is 14.6. The summed E-state index contributed by atoms with van der Waals surface area (Å²) in [5.41, 5.74) is 6.03. The number of halogens is 1. The second-order valence-electron chi connectivity index (χ2n) is 4.87. The summed E-state index contributed by atoms with van der Waals surface area (Å²) in [7, 11) is -1.83. The van der Waals surface area contributed by atoms with Crippen molar-refractivity contribution in [3.63, 3.8) is 0 Å². The van der Waals surface area contributed by atoms with E-state index < -0.39 is 15.1 Å². The Morgan fingerprint density at radius 3 is 2.79 bits per heavy atom. The van der Waals surface area contributed by atoms with E-state index in [1.165, 1.54) is 12.1 Å². The number of nitrogens with two attached hydrogens (primary N) is 1. The monoisotopic (exact) mass is 303 g/mol. The normalized spacial score (nSPS) is 24.3. The maximum atomic E-state index is 12.6. The Balaban J connectivity index is 2.34. The number of ether oxygens (including phenoxy) is 1. The molecule has 0 bridgehead atoms. The second-order valence-corrected chi connectivity index (χ2v) is 7.51. The third-order valence-electron chi connectivity index (χ3n) is 3.63. The molecular weight excluding hydrogens is 286 g/mol. The van der Waals surface area contributed by atoms with Gasteiger partial charge in [0.05, 0.1) is 21.9 Å². The van der Waals surface area contributed by atoms with Gasteiger partial charge in [-0.15, -0.1) is 0 Å². The molecule has 1 aromatic carbocycles. The maximum absolute atomic E-state index is 12.6. The van der Waals surface area contributed by atoms with E-state index in [0.29, 0.717) is 17.9 Å². The molecule has 2 atom stereocenters. The molecular formula is C13H18ClNO3S. The topological polar surface area (TPSA) is 69.4 Å². The van der Waals surface area contributed by atoms with Crippen molar-refractivity contribution in [1.29, 1.82) is 0 Å². The van der Waals surface area contributed by atoms with Gasteiger partial charge in [-0.3, -0.25) is 0 Å². The highest BCUT2D eigenvalue weighted by Gasteiger charge is 2.34. The molecule has 2 unspecified atom stereocenters. The molecule has 2 N–H and O–H groups in total. The van der Waals surface area contributed by atoms with Gasteiger partial charge in [-0.05, 0) is 43.9 Å². The van der Waals surface area contributed by atoms with Gasteiger partial charge in [0.15, 0.2) is 9.84 Å². The first-order valence-corrected chi connectivity index (χ1v) is 8.19. The van der Waals surface area contributed by atoms with Gasteiger partial charge in [0.25, 0.3) is 0 Å². The molecule has 1 saturated carbocycles. The number of nitrogen functional groups attached to an aromatic ring is 1. The molecule has 1 aliphatic carbocycles. The van der Waals surface area contributed by atoms with E-state index in [-0.39, 0.29) is 16.7 Å². The number of hydrogen-bond donors (Lipinski definition) is 1. The van der Waals surface area contributed by atoms with Crippen LogP contribution in [0.3, 0.4) is 0 Å². The predicted molar refractivity (Wildman–Crippen MR) is 76.1 cm³/mol. The van der Waals surface area contributed by atoms with Gasteiger partial charge in [0.1, 0.15) is 0 Å². The third kappa shape index (κ3) is 3.04. The fourth-order valence-electron chi connectivity index (χ4n) is 2.53. The fourth-order valence-corrected chi connectivity index (χ4v) is 4.76. The summed E-state index contributed by atoms with van der Waals surface area (Å²) < 4.78 is 30.5. The van der Waals surface area contributed by atoms with Crippen LogP contribution in [0.5, 0.6) is 0 Å². The van der Waals surface area contributed by atoms with Crippen LogP contribution in [-0.2, 0) is 14.6 Å². The van der Waals surface area contributed by atoms with Crippen LogP contribution >= 0.6 is 11.6 Å². The zero-order chi connectivity index (χ0) is 14.0. The summed E-state index contributed by atoms with van der Waals surface area (Å²) in [6.45, 7) is 0. The van der Waals surface area contributed by atoms with Crippen molar-refractivity contribution in [2.45, 2.75) is 41.9 Å². The van der Waals surface area contributed by atoms with E-state index in [9.17, 15) is 8.42 Å². The number of rotatable bonds is 3. The molecule has 1 fully saturated rings. The van der Waals surface area contributed by atoms with Gasteiger partial charge in [0.2, 0.25) is 0 Å². The summed E-state index contributed by atoms with van der Waals surface area (Å²) in [5.74, 6) is 0. The van der Waals surface area contributed by atoms with Crippen LogP contribution in [0.25, 0.3) is 0 Å². The highest BCUT2D eigenvalue weighted by Crippen LogP contribution is 2.33. The quantitative estimate of drug-likeness (QED) is 0.872. The molecule has 0 saturated heterocycles. The zero-order valence-corrected chi connectivity index (χ0v) is 12.4. The van der Waals surface area contributed by atoms with Crippen molar-refractivity contribution >= 4 is 27.1 Å². The molecule has 0 spiro atoms. The number of benzene rings is 1. The van der Waals surface area contributed by atoms with Crippen molar-refractivity contribution in [2.75, 3.05) is 12.8 Å². The van der Waals surface area contributed by atoms with Crippen molar-refractivity contribution < 1.29 is 13.2 Å². The minimum atomic E-state index is -3.45. The summed E-state index contributed by atoms with van der Waals surface area (Å²) >= 11 is 5.87. The van der Waals surface area contributed by atoms with E-state index >= 15 is 0 Å².